The number of aliphatic carboxylic acids is 1. The van der Waals surface area contributed by atoms with Gasteiger partial charge in [-0.25, -0.2) is 9.48 Å². The number of hydrogen-bond donors (Lipinski definition) is 3. The number of aromatic amines is 1. The highest BCUT2D eigenvalue weighted by Crippen LogP contribution is 2.31. The van der Waals surface area contributed by atoms with E-state index in [1.165, 1.54) is 6.08 Å². The van der Waals surface area contributed by atoms with Crippen molar-refractivity contribution < 1.29 is 14.7 Å². The van der Waals surface area contributed by atoms with Gasteiger partial charge in [0.05, 0.1) is 15.7 Å². The predicted octanol–water partition coefficient (Wildman–Crippen LogP) is 6.15. The molecule has 7 nitrogen and oxygen atoms in total. The molecule has 0 spiro atoms. The molecule has 0 unspecified atom stereocenters. The van der Waals surface area contributed by atoms with Gasteiger partial charge in [0.25, 0.3) is 0 Å². The van der Waals surface area contributed by atoms with Crippen molar-refractivity contribution in [3.05, 3.63) is 112 Å². The number of carboxylic acids is 1. The van der Waals surface area contributed by atoms with Crippen LogP contribution >= 0.6 is 23.2 Å². The molecule has 3 N–H and O–H groups in total. The van der Waals surface area contributed by atoms with Gasteiger partial charge in [-0.05, 0) is 42.0 Å². The number of amides is 1. The zero-order chi connectivity index (χ0) is 26.6. The first-order chi connectivity index (χ1) is 18.4. The Kier molecular flexibility index (Phi) is 7.31. The Labute approximate surface area is 228 Å². The topological polar surface area (TPSA) is 100 Å². The Morgan fingerprint density at radius 3 is 2.55 bits per heavy atom. The van der Waals surface area contributed by atoms with Gasteiger partial charge in [-0.3, -0.25) is 4.79 Å². The maximum Gasteiger partial charge on any atom is 0.326 e. The van der Waals surface area contributed by atoms with Crippen LogP contribution in [0.5, 0.6) is 0 Å². The fourth-order valence-electron chi connectivity index (χ4n) is 4.20. The molecule has 0 saturated heterocycles. The van der Waals surface area contributed by atoms with Crippen LogP contribution in [-0.4, -0.2) is 37.8 Å². The van der Waals surface area contributed by atoms with Crippen molar-refractivity contribution in [2.24, 2.45) is 0 Å². The Balaban J connectivity index is 1.40. The quantitative estimate of drug-likeness (QED) is 0.204. The van der Waals surface area contributed by atoms with Crippen LogP contribution in [0.25, 0.3) is 33.9 Å². The monoisotopic (exact) mass is 544 g/mol. The fourth-order valence-corrected chi connectivity index (χ4v) is 4.49. The number of benzene rings is 3. The molecule has 0 bridgehead atoms. The van der Waals surface area contributed by atoms with E-state index in [0.717, 1.165) is 27.7 Å². The summed E-state index contributed by atoms with van der Waals surface area (Å²) in [6, 6.07) is 21.2. The van der Waals surface area contributed by atoms with Gasteiger partial charge in [-0.15, -0.1) is 0 Å². The zero-order valence-corrected chi connectivity index (χ0v) is 21.4. The Bertz CT molecular complexity index is 1660. The highest BCUT2D eigenvalue weighted by molar-refractivity contribution is 6.42. The number of halogens is 2. The van der Waals surface area contributed by atoms with E-state index in [4.69, 9.17) is 28.3 Å². The first kappa shape index (κ1) is 25.3. The molecule has 5 rings (SSSR count). The number of rotatable bonds is 8. The Morgan fingerprint density at radius 2 is 1.79 bits per heavy atom. The van der Waals surface area contributed by atoms with Crippen molar-refractivity contribution in [1.82, 2.24) is 20.1 Å². The highest BCUT2D eigenvalue weighted by atomic mass is 35.5. The first-order valence-electron chi connectivity index (χ1n) is 11.8. The van der Waals surface area contributed by atoms with Crippen LogP contribution < -0.4 is 5.32 Å². The van der Waals surface area contributed by atoms with Gasteiger partial charge in [0.1, 0.15) is 11.7 Å². The summed E-state index contributed by atoms with van der Waals surface area (Å²) < 4.78 is 1.70. The molecule has 0 fully saturated rings. The van der Waals surface area contributed by atoms with Crippen molar-refractivity contribution in [1.29, 1.82) is 0 Å². The molecule has 2 aromatic heterocycles. The number of carbonyl (C=O) groups is 2. The molecule has 3 aromatic carbocycles. The standard InChI is InChI=1S/C29H22Cl2N4O3/c30-23-12-10-18(14-24(23)31)28-19(17-35(34-28)21-6-2-1-3-7-21)11-13-27(36)33-26(29(37)38)15-20-16-32-25-9-5-4-8-22(20)25/h1-14,16-17,26,32H,15H2,(H,33,36)(H,37,38)/b13-11+/t26-/m0/s1. The second-order valence-electron chi connectivity index (χ2n) is 8.64. The molecule has 0 saturated carbocycles. The zero-order valence-electron chi connectivity index (χ0n) is 19.9. The van der Waals surface area contributed by atoms with E-state index in [1.807, 2.05) is 54.6 Å². The molecule has 1 atom stereocenters. The molecule has 5 aromatic rings. The normalized spacial score (nSPS) is 12.2. The van der Waals surface area contributed by atoms with E-state index in [-0.39, 0.29) is 6.42 Å². The average Bonchev–Trinajstić information content (AvgIpc) is 3.54. The summed E-state index contributed by atoms with van der Waals surface area (Å²) in [6.45, 7) is 0. The van der Waals surface area contributed by atoms with Gasteiger partial charge in [0, 0.05) is 46.9 Å². The lowest BCUT2D eigenvalue weighted by molar-refractivity contribution is -0.141. The third-order valence-electron chi connectivity index (χ3n) is 6.08. The maximum atomic E-state index is 12.8. The molecule has 0 radical (unpaired) electrons. The van der Waals surface area contributed by atoms with Crippen molar-refractivity contribution >= 4 is 52.1 Å². The minimum absolute atomic E-state index is 0.138. The number of hydrogen-bond acceptors (Lipinski definition) is 3. The molecule has 2 heterocycles. The summed E-state index contributed by atoms with van der Waals surface area (Å²) in [5.74, 6) is -1.66. The van der Waals surface area contributed by atoms with Crippen LogP contribution in [0.15, 0.2) is 91.3 Å². The van der Waals surface area contributed by atoms with Crippen molar-refractivity contribution in [2.45, 2.75) is 12.5 Å². The third kappa shape index (κ3) is 5.49. The fraction of sp³-hybridized carbons (Fsp3) is 0.0690. The van der Waals surface area contributed by atoms with Gasteiger partial charge >= 0.3 is 5.97 Å². The number of nitrogens with one attached hydrogen (secondary N) is 2. The number of carbonyl (C=O) groups excluding carboxylic acids is 1. The van der Waals surface area contributed by atoms with Gasteiger partial charge < -0.3 is 15.4 Å². The molecular weight excluding hydrogens is 523 g/mol. The van der Waals surface area contributed by atoms with Crippen molar-refractivity contribution in [3.8, 4) is 16.9 Å². The van der Waals surface area contributed by atoms with Gasteiger partial charge in [-0.1, -0.05) is 65.7 Å². The summed E-state index contributed by atoms with van der Waals surface area (Å²) in [5.41, 5.74) is 4.50. The van der Waals surface area contributed by atoms with Gasteiger partial charge in [0.2, 0.25) is 5.91 Å². The second kappa shape index (κ2) is 11.0. The minimum atomic E-state index is -1.12. The Hall–Kier alpha value is -4.33. The van der Waals surface area contributed by atoms with Crippen LogP contribution in [-0.2, 0) is 16.0 Å². The highest BCUT2D eigenvalue weighted by Gasteiger charge is 2.21. The molecule has 9 heteroatoms. The number of H-pyrrole nitrogens is 1. The van der Waals surface area contributed by atoms with E-state index in [0.29, 0.717) is 21.3 Å². The smallest absolute Gasteiger partial charge is 0.326 e. The molecule has 1 amide bonds. The van der Waals surface area contributed by atoms with Crippen LogP contribution in [0, 0.1) is 0 Å². The predicted molar refractivity (Wildman–Crippen MR) is 150 cm³/mol. The number of carboxylic acid groups (broad SMARTS) is 1. The number of nitrogens with zero attached hydrogens (tertiary/aromatic N) is 2. The third-order valence-corrected chi connectivity index (χ3v) is 6.82. The average molecular weight is 545 g/mol. The van der Waals surface area contributed by atoms with Crippen molar-refractivity contribution in [2.75, 3.05) is 0 Å². The number of fused-ring (bicyclic) bond motifs is 1. The lowest BCUT2D eigenvalue weighted by Crippen LogP contribution is -2.41. The van der Waals surface area contributed by atoms with E-state index in [9.17, 15) is 14.7 Å². The summed E-state index contributed by atoms with van der Waals surface area (Å²) in [6.07, 6.45) is 6.60. The number of aromatic nitrogens is 3. The summed E-state index contributed by atoms with van der Waals surface area (Å²) >= 11 is 12.3. The van der Waals surface area contributed by atoms with Gasteiger partial charge in [-0.2, -0.15) is 5.10 Å². The number of para-hydroxylation sites is 2. The molecule has 0 aliphatic carbocycles. The Morgan fingerprint density at radius 1 is 1.03 bits per heavy atom. The molecular formula is C29H22Cl2N4O3. The second-order valence-corrected chi connectivity index (χ2v) is 9.45. The van der Waals surface area contributed by atoms with Crippen LogP contribution in [0.4, 0.5) is 0 Å². The first-order valence-corrected chi connectivity index (χ1v) is 12.5. The summed E-state index contributed by atoms with van der Waals surface area (Å²) in [5, 5.41) is 18.8. The summed E-state index contributed by atoms with van der Waals surface area (Å²) in [7, 11) is 0. The lowest BCUT2D eigenvalue weighted by atomic mass is 10.0. The molecule has 38 heavy (non-hydrogen) atoms. The molecule has 0 aliphatic heterocycles. The van der Waals surface area contributed by atoms with E-state index < -0.39 is 17.9 Å². The van der Waals surface area contributed by atoms with Crippen molar-refractivity contribution in [3.63, 3.8) is 0 Å². The molecule has 190 valence electrons. The van der Waals surface area contributed by atoms with E-state index >= 15 is 0 Å². The largest absolute Gasteiger partial charge is 0.480 e. The maximum absolute atomic E-state index is 12.8. The summed E-state index contributed by atoms with van der Waals surface area (Å²) in [4.78, 5) is 27.9. The van der Waals surface area contributed by atoms with E-state index in [2.05, 4.69) is 10.3 Å². The van der Waals surface area contributed by atoms with Crippen LogP contribution in [0.2, 0.25) is 10.0 Å². The van der Waals surface area contributed by atoms with E-state index in [1.54, 1.807) is 41.4 Å². The molecule has 0 aliphatic rings. The van der Waals surface area contributed by atoms with Crippen LogP contribution in [0.1, 0.15) is 11.1 Å². The minimum Gasteiger partial charge on any atom is -0.480 e. The lowest BCUT2D eigenvalue weighted by Gasteiger charge is -2.12. The van der Waals surface area contributed by atoms with Crippen LogP contribution in [0.3, 0.4) is 0 Å². The SMILES string of the molecule is O=C(/C=C/c1cn(-c2ccccc2)nc1-c1ccc(Cl)c(Cl)c1)N[C@@H](Cc1c[nH]c2ccccc12)C(=O)O. The van der Waals surface area contributed by atoms with Gasteiger partial charge in [0.15, 0.2) is 0 Å².